The van der Waals surface area contributed by atoms with Gasteiger partial charge < -0.3 is 19.7 Å². The Bertz CT molecular complexity index is 1150. The van der Waals surface area contributed by atoms with Crippen LogP contribution in [-0.2, 0) is 19.4 Å². The van der Waals surface area contributed by atoms with Crippen molar-refractivity contribution in [2.24, 2.45) is 0 Å². The topological polar surface area (TPSA) is 58.9 Å². The van der Waals surface area contributed by atoms with Crippen molar-refractivity contribution >= 4 is 6.08 Å². The van der Waals surface area contributed by atoms with Crippen LogP contribution in [-0.4, -0.2) is 22.4 Å². The molecule has 4 heteroatoms. The maximum Gasteiger partial charge on any atom is 0.131 e. The largest absolute Gasteiger partial charge is 0.507 e. The molecule has 0 aromatic heterocycles. The zero-order valence-corrected chi connectivity index (χ0v) is 20.3. The normalized spacial score (nSPS) is 14.8. The third-order valence-corrected chi connectivity index (χ3v) is 6.27. The Morgan fingerprint density at radius 3 is 2.53 bits per heavy atom. The molecule has 0 amide bonds. The molecule has 0 fully saturated rings. The molecule has 34 heavy (non-hydrogen) atoms. The van der Waals surface area contributed by atoms with Crippen LogP contribution in [0.4, 0.5) is 0 Å². The summed E-state index contributed by atoms with van der Waals surface area (Å²) in [4.78, 5) is 0. The predicted octanol–water partition coefficient (Wildman–Crippen LogP) is 6.43. The Labute approximate surface area is 202 Å². The highest BCUT2D eigenvalue weighted by Crippen LogP contribution is 2.40. The molecule has 0 radical (unpaired) electrons. The highest BCUT2D eigenvalue weighted by atomic mass is 16.5. The van der Waals surface area contributed by atoms with Gasteiger partial charge in [0.1, 0.15) is 29.5 Å². The fourth-order valence-corrected chi connectivity index (χ4v) is 4.41. The lowest BCUT2D eigenvalue weighted by atomic mass is 9.89. The van der Waals surface area contributed by atoms with E-state index in [1.54, 1.807) is 0 Å². The van der Waals surface area contributed by atoms with Gasteiger partial charge in [-0.2, -0.15) is 0 Å². The molecule has 0 saturated heterocycles. The van der Waals surface area contributed by atoms with Gasteiger partial charge in [0.25, 0.3) is 0 Å². The van der Waals surface area contributed by atoms with Gasteiger partial charge in [-0.25, -0.2) is 0 Å². The molecule has 0 aliphatic carbocycles. The van der Waals surface area contributed by atoms with E-state index in [2.05, 4.69) is 25.1 Å². The first kappa shape index (κ1) is 23.9. The summed E-state index contributed by atoms with van der Waals surface area (Å²) in [5.74, 6) is 1.45. The Kier molecular flexibility index (Phi) is 7.28. The van der Waals surface area contributed by atoms with Crippen LogP contribution in [0.15, 0.2) is 66.7 Å². The van der Waals surface area contributed by atoms with Crippen LogP contribution in [0.1, 0.15) is 60.9 Å². The highest BCUT2D eigenvalue weighted by Gasteiger charge is 2.26. The number of phenolic OH excluding ortho intramolecular Hbond substituents is 1. The molecular weight excluding hydrogens is 424 g/mol. The fraction of sp³-hybridized carbons (Fsp3) is 0.333. The minimum Gasteiger partial charge on any atom is -0.507 e. The van der Waals surface area contributed by atoms with E-state index in [1.165, 1.54) is 5.56 Å². The molecule has 1 aliphatic heterocycles. The summed E-state index contributed by atoms with van der Waals surface area (Å²) in [6.07, 6.45) is 6.38. The van der Waals surface area contributed by atoms with Crippen molar-refractivity contribution in [1.29, 1.82) is 0 Å². The molecule has 0 saturated carbocycles. The van der Waals surface area contributed by atoms with Crippen molar-refractivity contribution < 1.29 is 19.7 Å². The lowest BCUT2D eigenvalue weighted by Gasteiger charge is -2.29. The van der Waals surface area contributed by atoms with Crippen molar-refractivity contribution in [3.8, 4) is 17.2 Å². The number of ether oxygens (including phenoxy) is 2. The predicted molar refractivity (Wildman–Crippen MR) is 137 cm³/mol. The number of aliphatic hydroxyl groups excluding tert-OH is 1. The Balaban J connectivity index is 1.62. The summed E-state index contributed by atoms with van der Waals surface area (Å²) in [7, 11) is 0. The van der Waals surface area contributed by atoms with Gasteiger partial charge >= 0.3 is 0 Å². The van der Waals surface area contributed by atoms with Crippen LogP contribution in [0.3, 0.4) is 0 Å². The first-order valence-electron chi connectivity index (χ1n) is 12.0. The summed E-state index contributed by atoms with van der Waals surface area (Å²) in [5, 5.41) is 21.3. The number of aliphatic hydroxyl groups is 1. The van der Waals surface area contributed by atoms with Crippen LogP contribution >= 0.6 is 0 Å². The van der Waals surface area contributed by atoms with Crippen LogP contribution in [0.25, 0.3) is 6.08 Å². The maximum absolute atomic E-state index is 11.0. The SMILES string of the molecule is CCCc1ccc(C(CO)Cc2ccc3c(c2O)C=CC(C)(C)O3)c(OCc2ccccc2)c1. The smallest absolute Gasteiger partial charge is 0.131 e. The summed E-state index contributed by atoms with van der Waals surface area (Å²) in [6, 6.07) is 20.1. The number of hydrogen-bond acceptors (Lipinski definition) is 4. The van der Waals surface area contributed by atoms with E-state index in [0.717, 1.165) is 35.3 Å². The molecule has 3 aromatic carbocycles. The van der Waals surface area contributed by atoms with Crippen LogP contribution < -0.4 is 9.47 Å². The maximum atomic E-state index is 11.0. The number of benzene rings is 3. The lowest BCUT2D eigenvalue weighted by molar-refractivity contribution is 0.158. The third-order valence-electron chi connectivity index (χ3n) is 6.27. The minimum absolute atomic E-state index is 0.0509. The molecule has 4 nitrogen and oxygen atoms in total. The number of rotatable bonds is 9. The Morgan fingerprint density at radius 2 is 1.79 bits per heavy atom. The van der Waals surface area contributed by atoms with Gasteiger partial charge in [-0.1, -0.05) is 61.9 Å². The summed E-state index contributed by atoms with van der Waals surface area (Å²) >= 11 is 0. The second-order valence-corrected chi connectivity index (χ2v) is 9.50. The second-order valence-electron chi connectivity index (χ2n) is 9.50. The standard InChI is InChI=1S/C30H34O4/c1-4-8-21-11-13-25(28(17-21)33-20-22-9-6-5-7-10-22)24(19-31)18-23-12-14-27-26(29(23)32)15-16-30(2,3)34-27/h5-7,9-17,24,31-32H,4,8,18-20H2,1-3H3. The molecule has 1 atom stereocenters. The molecule has 4 rings (SSSR count). The van der Waals surface area contributed by atoms with Crippen molar-refractivity contribution in [3.05, 3.63) is 94.6 Å². The van der Waals surface area contributed by atoms with E-state index in [4.69, 9.17) is 9.47 Å². The van der Waals surface area contributed by atoms with Crippen LogP contribution in [0.2, 0.25) is 0 Å². The van der Waals surface area contributed by atoms with Crippen LogP contribution in [0, 0.1) is 0 Å². The van der Waals surface area contributed by atoms with E-state index >= 15 is 0 Å². The molecule has 0 spiro atoms. The number of aryl methyl sites for hydroxylation is 1. The molecule has 3 aromatic rings. The van der Waals surface area contributed by atoms with Gasteiger partial charge in [0.2, 0.25) is 0 Å². The van der Waals surface area contributed by atoms with Gasteiger partial charge in [0, 0.05) is 5.92 Å². The Hall–Kier alpha value is -3.24. The summed E-state index contributed by atoms with van der Waals surface area (Å²) in [5.41, 5.74) is 4.32. The average Bonchev–Trinajstić information content (AvgIpc) is 2.83. The molecule has 2 N–H and O–H groups in total. The monoisotopic (exact) mass is 458 g/mol. The van der Waals surface area contributed by atoms with Gasteiger partial charge in [-0.05, 0) is 73.2 Å². The van der Waals surface area contributed by atoms with E-state index in [9.17, 15) is 10.2 Å². The minimum atomic E-state index is -0.403. The zero-order chi connectivity index (χ0) is 24.1. The lowest BCUT2D eigenvalue weighted by Crippen LogP contribution is -2.27. The van der Waals surface area contributed by atoms with E-state index in [1.807, 2.05) is 68.5 Å². The van der Waals surface area contributed by atoms with E-state index in [-0.39, 0.29) is 18.3 Å². The molecular formula is C30H34O4. The second kappa shape index (κ2) is 10.4. The van der Waals surface area contributed by atoms with Crippen molar-refractivity contribution in [3.63, 3.8) is 0 Å². The number of aromatic hydroxyl groups is 1. The van der Waals surface area contributed by atoms with Gasteiger partial charge in [-0.3, -0.25) is 0 Å². The summed E-state index contributed by atoms with van der Waals surface area (Å²) < 4.78 is 12.3. The highest BCUT2D eigenvalue weighted by molar-refractivity contribution is 5.68. The summed E-state index contributed by atoms with van der Waals surface area (Å²) in [6.45, 7) is 6.54. The fourth-order valence-electron chi connectivity index (χ4n) is 4.41. The Morgan fingerprint density at radius 1 is 1.00 bits per heavy atom. The van der Waals surface area contributed by atoms with Crippen molar-refractivity contribution in [2.75, 3.05) is 6.61 Å². The molecule has 1 unspecified atom stereocenters. The molecule has 0 bridgehead atoms. The number of hydrogen-bond donors (Lipinski definition) is 2. The van der Waals surface area contributed by atoms with Gasteiger partial charge in [0.15, 0.2) is 0 Å². The van der Waals surface area contributed by atoms with Crippen LogP contribution in [0.5, 0.6) is 17.2 Å². The first-order chi connectivity index (χ1) is 16.4. The molecule has 178 valence electrons. The van der Waals surface area contributed by atoms with Gasteiger partial charge in [0.05, 0.1) is 12.2 Å². The molecule has 1 aliphatic rings. The first-order valence-corrected chi connectivity index (χ1v) is 12.0. The van der Waals surface area contributed by atoms with E-state index < -0.39 is 5.60 Å². The average molecular weight is 459 g/mol. The third kappa shape index (κ3) is 5.45. The quantitative estimate of drug-likeness (QED) is 0.388. The zero-order valence-electron chi connectivity index (χ0n) is 20.3. The van der Waals surface area contributed by atoms with Gasteiger partial charge in [-0.15, -0.1) is 0 Å². The van der Waals surface area contributed by atoms with Crippen molar-refractivity contribution in [2.45, 2.75) is 58.2 Å². The molecule has 1 heterocycles. The number of phenols is 1. The van der Waals surface area contributed by atoms with Crippen molar-refractivity contribution in [1.82, 2.24) is 0 Å². The van der Waals surface area contributed by atoms with E-state index in [0.29, 0.717) is 24.3 Å². The number of fused-ring (bicyclic) bond motifs is 1.